The van der Waals surface area contributed by atoms with Gasteiger partial charge in [-0.1, -0.05) is 0 Å². The molecule has 0 bridgehead atoms. The molecule has 0 saturated carbocycles. The molecule has 2 N–H and O–H groups in total. The summed E-state index contributed by atoms with van der Waals surface area (Å²) in [6.45, 7) is 1.20. The summed E-state index contributed by atoms with van der Waals surface area (Å²) < 4.78 is 0. The van der Waals surface area contributed by atoms with E-state index in [4.69, 9.17) is 10.2 Å². The average molecular weight is 178 g/mol. The largest absolute Gasteiger partial charge is 1.00 e. The number of carbonyl (C=O) groups is 1. The normalized spacial score (nSPS) is 10.2. The first-order valence-corrected chi connectivity index (χ1v) is 1.55. The van der Waals surface area contributed by atoms with E-state index in [1.54, 1.807) is 0 Å². The van der Waals surface area contributed by atoms with Gasteiger partial charge < -0.3 is 11.6 Å². The SMILES string of the molecule is CC(O)C(=O)O.[H-].[K+].[Ti]. The number of hydrogen-bond donors (Lipinski definition) is 2. The number of hydrogen-bond acceptors (Lipinski definition) is 2. The van der Waals surface area contributed by atoms with E-state index in [9.17, 15) is 4.79 Å². The summed E-state index contributed by atoms with van der Waals surface area (Å²) >= 11 is 0. The smallest absolute Gasteiger partial charge is 1.00 e. The van der Waals surface area contributed by atoms with Crippen LogP contribution in [0.5, 0.6) is 0 Å². The molecule has 0 aromatic rings. The fraction of sp³-hybridized carbons (Fsp3) is 0.667. The fourth-order valence-electron chi connectivity index (χ4n) is 0. The molecule has 0 fully saturated rings. The minimum atomic E-state index is -1.23. The van der Waals surface area contributed by atoms with Crippen molar-refractivity contribution in [1.82, 2.24) is 0 Å². The molecule has 0 aliphatic rings. The molecule has 0 aliphatic heterocycles. The molecule has 0 aliphatic carbocycles. The second kappa shape index (κ2) is 8.78. The Kier molecular flexibility index (Phi) is 18.0. The first kappa shape index (κ1) is 16.4. The van der Waals surface area contributed by atoms with Gasteiger partial charge in [-0.2, -0.15) is 0 Å². The van der Waals surface area contributed by atoms with Crippen LogP contribution in [-0.2, 0) is 26.5 Å². The van der Waals surface area contributed by atoms with Crippen molar-refractivity contribution in [3.63, 3.8) is 0 Å². The predicted molar refractivity (Wildman–Crippen MR) is 20.4 cm³/mol. The monoisotopic (exact) mass is 178 g/mol. The van der Waals surface area contributed by atoms with Crippen LogP contribution in [0.4, 0.5) is 0 Å². The van der Waals surface area contributed by atoms with Crippen LogP contribution in [0.1, 0.15) is 8.35 Å². The van der Waals surface area contributed by atoms with E-state index in [0.29, 0.717) is 0 Å². The molecule has 1 atom stereocenters. The quantitative estimate of drug-likeness (QED) is 0.411. The molecular formula is C3H7KO3Ti. The zero-order valence-corrected chi connectivity index (χ0v) is 9.56. The van der Waals surface area contributed by atoms with E-state index in [0.717, 1.165) is 0 Å². The van der Waals surface area contributed by atoms with E-state index in [-0.39, 0.29) is 74.5 Å². The molecular weight excluding hydrogens is 171 g/mol. The molecule has 42 valence electrons. The Hall–Kier alpha value is 1.78. The van der Waals surface area contributed by atoms with Crippen LogP contribution in [-0.4, -0.2) is 22.3 Å². The Balaban J connectivity index is -0.0000000417. The Morgan fingerprint density at radius 3 is 1.88 bits per heavy atom. The minimum Gasteiger partial charge on any atom is -1.00 e. The Morgan fingerprint density at radius 2 is 1.88 bits per heavy atom. The van der Waals surface area contributed by atoms with Crippen molar-refractivity contribution in [2.75, 3.05) is 0 Å². The van der Waals surface area contributed by atoms with Gasteiger partial charge in [-0.05, 0) is 6.92 Å². The van der Waals surface area contributed by atoms with Crippen LogP contribution in [0.15, 0.2) is 0 Å². The second-order valence-electron chi connectivity index (χ2n) is 1.01. The molecule has 0 saturated heterocycles. The Labute approximate surface area is 107 Å². The van der Waals surface area contributed by atoms with Gasteiger partial charge in [0.25, 0.3) is 0 Å². The summed E-state index contributed by atoms with van der Waals surface area (Å²) in [4.78, 5) is 9.45. The maximum Gasteiger partial charge on any atom is 1.00 e. The molecule has 0 rings (SSSR count). The minimum absolute atomic E-state index is 0. The van der Waals surface area contributed by atoms with Gasteiger partial charge in [0.05, 0.1) is 0 Å². The van der Waals surface area contributed by atoms with Gasteiger partial charge in [-0.25, -0.2) is 4.79 Å². The van der Waals surface area contributed by atoms with Gasteiger partial charge in [-0.15, -0.1) is 0 Å². The molecule has 0 aromatic carbocycles. The maximum atomic E-state index is 9.45. The second-order valence-corrected chi connectivity index (χ2v) is 1.01. The number of rotatable bonds is 1. The number of aliphatic hydroxyl groups excluding tert-OH is 1. The van der Waals surface area contributed by atoms with Crippen molar-refractivity contribution in [2.45, 2.75) is 13.0 Å². The van der Waals surface area contributed by atoms with Crippen LogP contribution < -0.4 is 51.4 Å². The van der Waals surface area contributed by atoms with Gasteiger partial charge in [-0.3, -0.25) is 0 Å². The topological polar surface area (TPSA) is 57.5 Å². The summed E-state index contributed by atoms with van der Waals surface area (Å²) in [6, 6.07) is 0. The molecule has 3 nitrogen and oxygen atoms in total. The van der Waals surface area contributed by atoms with E-state index in [2.05, 4.69) is 0 Å². The summed E-state index contributed by atoms with van der Waals surface area (Å²) in [6.07, 6.45) is -1.23. The van der Waals surface area contributed by atoms with Crippen molar-refractivity contribution < 1.29 is 89.5 Å². The third-order valence-corrected chi connectivity index (χ3v) is 0.357. The first-order chi connectivity index (χ1) is 2.64. The predicted octanol–water partition coefficient (Wildman–Crippen LogP) is -3.43. The standard InChI is InChI=1S/C3H6O3.K.Ti.H/c1-2(4)3(5)6;;;/h2,4H,1H3,(H,5,6);;;/q;+1;;-1. The van der Waals surface area contributed by atoms with E-state index < -0.39 is 12.1 Å². The first-order valence-electron chi connectivity index (χ1n) is 1.55. The fourth-order valence-corrected chi connectivity index (χ4v) is 0. The summed E-state index contributed by atoms with van der Waals surface area (Å²) in [7, 11) is 0. The van der Waals surface area contributed by atoms with Crippen molar-refractivity contribution in [3.05, 3.63) is 0 Å². The van der Waals surface area contributed by atoms with Crippen LogP contribution in [0.2, 0.25) is 0 Å². The number of carboxylic acids is 1. The Morgan fingerprint density at radius 1 is 1.75 bits per heavy atom. The number of aliphatic carboxylic acids is 1. The van der Waals surface area contributed by atoms with Gasteiger partial charge in [0.1, 0.15) is 6.10 Å². The van der Waals surface area contributed by atoms with Crippen LogP contribution >= 0.6 is 0 Å². The van der Waals surface area contributed by atoms with Gasteiger partial charge in [0.15, 0.2) is 0 Å². The van der Waals surface area contributed by atoms with Gasteiger partial charge >= 0.3 is 57.4 Å². The molecule has 0 heterocycles. The third-order valence-electron chi connectivity index (χ3n) is 0.357. The zero-order valence-electron chi connectivity index (χ0n) is 5.88. The van der Waals surface area contributed by atoms with Gasteiger partial charge in [0, 0.05) is 21.7 Å². The van der Waals surface area contributed by atoms with Crippen molar-refractivity contribution >= 4 is 5.97 Å². The van der Waals surface area contributed by atoms with E-state index >= 15 is 0 Å². The molecule has 0 spiro atoms. The van der Waals surface area contributed by atoms with E-state index in [1.165, 1.54) is 6.92 Å². The zero-order chi connectivity index (χ0) is 5.15. The summed E-state index contributed by atoms with van der Waals surface area (Å²) in [5, 5.41) is 15.8. The van der Waals surface area contributed by atoms with Crippen LogP contribution in [0, 0.1) is 0 Å². The molecule has 0 aromatic heterocycles. The van der Waals surface area contributed by atoms with Gasteiger partial charge in [0.2, 0.25) is 0 Å². The van der Waals surface area contributed by atoms with Crippen LogP contribution in [0.3, 0.4) is 0 Å². The molecule has 5 heteroatoms. The van der Waals surface area contributed by atoms with Crippen molar-refractivity contribution in [2.24, 2.45) is 0 Å². The van der Waals surface area contributed by atoms with Crippen molar-refractivity contribution in [3.8, 4) is 0 Å². The van der Waals surface area contributed by atoms with Crippen LogP contribution in [0.25, 0.3) is 0 Å². The van der Waals surface area contributed by atoms with Crippen molar-refractivity contribution in [1.29, 1.82) is 0 Å². The summed E-state index contributed by atoms with van der Waals surface area (Å²) in [5.41, 5.74) is 0. The molecule has 0 radical (unpaired) electrons. The number of aliphatic hydroxyl groups is 1. The Bertz CT molecular complexity index is 70.1. The number of carboxylic acid groups (broad SMARTS) is 1. The molecule has 8 heavy (non-hydrogen) atoms. The average Bonchev–Trinajstić information content (AvgIpc) is 1.36. The third kappa shape index (κ3) is 10.7. The molecule has 1 unspecified atom stereocenters. The molecule has 0 amide bonds. The maximum absolute atomic E-state index is 9.45. The van der Waals surface area contributed by atoms with E-state index in [1.807, 2.05) is 0 Å². The summed E-state index contributed by atoms with van der Waals surface area (Å²) in [5.74, 6) is -1.19.